The highest BCUT2D eigenvalue weighted by Crippen LogP contribution is 2.31. The van der Waals surface area contributed by atoms with Gasteiger partial charge in [0.15, 0.2) is 0 Å². The molecule has 240 valence electrons. The van der Waals surface area contributed by atoms with Crippen LogP contribution in [0.4, 0.5) is 18.9 Å². The lowest BCUT2D eigenvalue weighted by molar-refractivity contribution is -0.137. The number of carbonyl (C=O) groups excluding carboxylic acids is 3. The minimum Gasteiger partial charge on any atom is -0.491 e. The van der Waals surface area contributed by atoms with Crippen molar-refractivity contribution in [2.45, 2.75) is 50.6 Å². The average molecular weight is 622 g/mol. The van der Waals surface area contributed by atoms with Crippen molar-refractivity contribution >= 4 is 36.0 Å². The summed E-state index contributed by atoms with van der Waals surface area (Å²) < 4.78 is 49.9. The van der Waals surface area contributed by atoms with E-state index < -0.39 is 55.0 Å². The van der Waals surface area contributed by atoms with Crippen molar-refractivity contribution in [3.8, 4) is 5.75 Å². The van der Waals surface area contributed by atoms with Crippen molar-refractivity contribution in [2.24, 2.45) is 17.2 Å². The minimum atomic E-state index is -4.54. The molecule has 9 N–H and O–H groups in total. The zero-order valence-electron chi connectivity index (χ0n) is 24.5. The molecule has 1 aliphatic rings. The molecule has 0 radical (unpaired) electrons. The number of hydrogen-bond acceptors (Lipinski definition) is 9. The second-order valence-electron chi connectivity index (χ2n) is 10.8. The molecule has 2 aromatic rings. The number of halogens is 3. The van der Waals surface area contributed by atoms with Crippen molar-refractivity contribution in [2.75, 3.05) is 38.1 Å². The second-order valence-corrected chi connectivity index (χ2v) is 10.8. The summed E-state index contributed by atoms with van der Waals surface area (Å²) in [7, 11) is -1.21. The highest BCUT2D eigenvalue weighted by molar-refractivity contribution is 6.62. The summed E-state index contributed by atoms with van der Waals surface area (Å²) in [6.45, 7) is 4.18. The standard InChI is InChI=1S/C28H38BF3N6O6/c1-27(2)20-8-5-18(15-21(20)29(42)44-27)36-26(41)23(16-43-19-6-3-17(4-7-19)28(30,31)32)37-25(40)22(35)9-10-24(39)38(13-11-33)14-12-34/h3-8,15,22-23,42H,9-14,16,33-35H2,1-2H3,(H,36,41)(H,37,40)/t22-,23+/m0/s1. The lowest BCUT2D eigenvalue weighted by Crippen LogP contribution is -2.52. The first-order valence-corrected chi connectivity index (χ1v) is 14.0. The number of nitrogens with one attached hydrogen (secondary N) is 2. The summed E-state index contributed by atoms with van der Waals surface area (Å²) in [5.41, 5.74) is 17.0. The Labute approximate surface area is 253 Å². The number of anilines is 1. The van der Waals surface area contributed by atoms with Crippen LogP contribution in [0.1, 0.15) is 37.8 Å². The molecule has 0 saturated carbocycles. The largest absolute Gasteiger partial charge is 0.492 e. The third-order valence-corrected chi connectivity index (χ3v) is 7.03. The molecule has 0 aliphatic carbocycles. The maximum atomic E-state index is 13.3. The van der Waals surface area contributed by atoms with Gasteiger partial charge in [-0.1, -0.05) is 6.07 Å². The molecule has 2 aromatic carbocycles. The van der Waals surface area contributed by atoms with Crippen LogP contribution in [0.25, 0.3) is 0 Å². The molecule has 44 heavy (non-hydrogen) atoms. The molecule has 0 unspecified atom stereocenters. The van der Waals surface area contributed by atoms with Crippen LogP contribution in [0.5, 0.6) is 5.75 Å². The van der Waals surface area contributed by atoms with Crippen molar-refractivity contribution < 1.29 is 42.0 Å². The number of benzene rings is 2. The maximum absolute atomic E-state index is 13.3. The minimum absolute atomic E-state index is 0.0277. The van der Waals surface area contributed by atoms with Crippen molar-refractivity contribution in [3.63, 3.8) is 0 Å². The highest BCUT2D eigenvalue weighted by Gasteiger charge is 2.40. The predicted octanol–water partition coefficient (Wildman–Crippen LogP) is 0.0140. The molecule has 1 aliphatic heterocycles. The van der Waals surface area contributed by atoms with Gasteiger partial charge in [0.25, 0.3) is 5.91 Å². The lowest BCUT2D eigenvalue weighted by Gasteiger charge is -2.23. The molecule has 16 heteroatoms. The number of amides is 3. The van der Waals surface area contributed by atoms with Gasteiger partial charge in [0.05, 0.1) is 17.2 Å². The summed E-state index contributed by atoms with van der Waals surface area (Å²) >= 11 is 0. The Bertz CT molecular complexity index is 1310. The summed E-state index contributed by atoms with van der Waals surface area (Å²) in [5.74, 6) is -1.73. The number of nitrogens with two attached hydrogens (primary N) is 3. The molecule has 1 heterocycles. The van der Waals surface area contributed by atoms with Gasteiger partial charge in [-0.05, 0) is 67.7 Å². The fourth-order valence-corrected chi connectivity index (χ4v) is 4.65. The van der Waals surface area contributed by atoms with Crippen LogP contribution in [-0.4, -0.2) is 79.6 Å². The van der Waals surface area contributed by atoms with E-state index in [1.807, 2.05) is 0 Å². The number of hydrogen-bond donors (Lipinski definition) is 6. The average Bonchev–Trinajstić information content (AvgIpc) is 3.20. The summed E-state index contributed by atoms with van der Waals surface area (Å²) in [4.78, 5) is 40.3. The van der Waals surface area contributed by atoms with Gasteiger partial charge in [0, 0.05) is 38.3 Å². The monoisotopic (exact) mass is 622 g/mol. The molecular formula is C28H38BF3N6O6. The van der Waals surface area contributed by atoms with E-state index in [0.29, 0.717) is 18.6 Å². The lowest BCUT2D eigenvalue weighted by atomic mass is 9.78. The van der Waals surface area contributed by atoms with Gasteiger partial charge in [0.1, 0.15) is 18.4 Å². The topological polar surface area (TPSA) is 195 Å². The van der Waals surface area contributed by atoms with E-state index in [2.05, 4.69) is 10.6 Å². The molecular weight excluding hydrogens is 584 g/mol. The number of alkyl halides is 3. The third kappa shape index (κ3) is 9.16. The zero-order valence-corrected chi connectivity index (χ0v) is 24.5. The smallest absolute Gasteiger partial charge is 0.491 e. The molecule has 12 nitrogen and oxygen atoms in total. The van der Waals surface area contributed by atoms with Crippen molar-refractivity contribution in [1.82, 2.24) is 10.2 Å². The van der Waals surface area contributed by atoms with Crippen LogP contribution in [-0.2, 0) is 30.8 Å². The number of fused-ring (bicyclic) bond motifs is 1. The van der Waals surface area contributed by atoms with Crippen LogP contribution >= 0.6 is 0 Å². The SMILES string of the molecule is CC1(C)OB(O)c2cc(NC(=O)[C@@H](COc3ccc(C(F)(F)F)cc3)NC(=O)[C@@H](N)CCC(=O)N(CCN)CCN)ccc21. The van der Waals surface area contributed by atoms with Gasteiger partial charge in [-0.2, -0.15) is 13.2 Å². The highest BCUT2D eigenvalue weighted by atomic mass is 19.4. The third-order valence-electron chi connectivity index (χ3n) is 7.03. The summed E-state index contributed by atoms with van der Waals surface area (Å²) in [6, 6.07) is 6.15. The number of ether oxygens (including phenoxy) is 1. The van der Waals surface area contributed by atoms with Gasteiger partial charge >= 0.3 is 13.3 Å². The molecule has 0 saturated heterocycles. The van der Waals surface area contributed by atoms with E-state index >= 15 is 0 Å². The van der Waals surface area contributed by atoms with E-state index in [1.165, 1.54) is 11.0 Å². The van der Waals surface area contributed by atoms with Crippen LogP contribution in [0, 0.1) is 0 Å². The molecule has 0 bridgehead atoms. The maximum Gasteiger partial charge on any atom is 0.492 e. The van der Waals surface area contributed by atoms with E-state index in [-0.39, 0.29) is 43.3 Å². The van der Waals surface area contributed by atoms with Gasteiger partial charge in [-0.3, -0.25) is 14.4 Å². The van der Waals surface area contributed by atoms with Gasteiger partial charge < -0.3 is 47.1 Å². The quantitative estimate of drug-likeness (QED) is 0.157. The fraction of sp³-hybridized carbons (Fsp3) is 0.464. The Balaban J connectivity index is 1.72. The Kier molecular flexibility index (Phi) is 11.7. The Morgan fingerprint density at radius 2 is 1.70 bits per heavy atom. The van der Waals surface area contributed by atoms with Crippen LogP contribution < -0.4 is 38.0 Å². The number of carbonyl (C=O) groups is 3. The van der Waals surface area contributed by atoms with Crippen molar-refractivity contribution in [1.29, 1.82) is 0 Å². The molecule has 3 amide bonds. The molecule has 0 spiro atoms. The fourth-order valence-electron chi connectivity index (χ4n) is 4.65. The number of rotatable bonds is 14. The van der Waals surface area contributed by atoms with E-state index in [9.17, 15) is 32.6 Å². The Morgan fingerprint density at radius 1 is 1.07 bits per heavy atom. The number of nitrogens with zero attached hydrogens (tertiary/aromatic N) is 1. The molecule has 2 atom stereocenters. The predicted molar refractivity (Wildman–Crippen MR) is 158 cm³/mol. The van der Waals surface area contributed by atoms with E-state index in [1.54, 1.807) is 26.0 Å². The summed E-state index contributed by atoms with van der Waals surface area (Å²) in [5, 5.41) is 15.4. The van der Waals surface area contributed by atoms with Crippen LogP contribution in [0.2, 0.25) is 0 Å². The molecule has 3 rings (SSSR count). The Hall–Kier alpha value is -3.70. The van der Waals surface area contributed by atoms with Crippen LogP contribution in [0.3, 0.4) is 0 Å². The van der Waals surface area contributed by atoms with E-state index in [0.717, 1.165) is 29.8 Å². The first-order valence-electron chi connectivity index (χ1n) is 14.0. The van der Waals surface area contributed by atoms with Crippen LogP contribution in [0.15, 0.2) is 42.5 Å². The first kappa shape index (κ1) is 34.8. The van der Waals surface area contributed by atoms with Gasteiger partial charge in [-0.15, -0.1) is 0 Å². The van der Waals surface area contributed by atoms with E-state index in [4.69, 9.17) is 26.6 Å². The van der Waals surface area contributed by atoms with Crippen molar-refractivity contribution in [3.05, 3.63) is 53.6 Å². The zero-order chi connectivity index (χ0) is 32.7. The summed E-state index contributed by atoms with van der Waals surface area (Å²) in [6.07, 6.45) is -4.64. The first-order chi connectivity index (χ1) is 20.7. The molecule has 0 aromatic heterocycles. The molecule has 0 fully saturated rings. The second kappa shape index (κ2) is 14.9. The normalized spacial score (nSPS) is 15.2. The Morgan fingerprint density at radius 3 is 2.30 bits per heavy atom. The van der Waals surface area contributed by atoms with Gasteiger partial charge in [0.2, 0.25) is 11.8 Å². The van der Waals surface area contributed by atoms with Gasteiger partial charge in [-0.25, -0.2) is 0 Å².